The Morgan fingerprint density at radius 2 is 2.08 bits per heavy atom. The van der Waals surface area contributed by atoms with E-state index in [-0.39, 0.29) is 16.3 Å². The number of carbonyl (C=O) groups is 1. The van der Waals surface area contributed by atoms with Gasteiger partial charge in [0, 0.05) is 25.4 Å². The summed E-state index contributed by atoms with van der Waals surface area (Å²) >= 11 is 7.07. The standard InChI is InChI=1S/C24H22ClF2N5O5S/c1-31(11-3-4-16-19(5-11)38-10-28-16)24(35)23-22(36-2)20(21(34)18(9-33)37-23)32-8-17(29-30-32)12-6-15(27)13(25)7-14(12)26/h3-8,10,18,20-23,33-34H,9H2,1-2H3/t18-,20+,21+,22-,23-/m1/s1. The van der Waals surface area contributed by atoms with Crippen LogP contribution in [0.3, 0.4) is 0 Å². The van der Waals surface area contributed by atoms with Crippen molar-refractivity contribution in [2.45, 2.75) is 30.5 Å². The van der Waals surface area contributed by atoms with Crippen LogP contribution < -0.4 is 4.90 Å². The Kier molecular flexibility index (Phi) is 7.40. The fourth-order valence-corrected chi connectivity index (χ4v) is 5.36. The van der Waals surface area contributed by atoms with E-state index in [0.717, 1.165) is 22.3 Å². The first-order chi connectivity index (χ1) is 18.2. The summed E-state index contributed by atoms with van der Waals surface area (Å²) in [5.74, 6) is -2.16. The molecule has 14 heteroatoms. The van der Waals surface area contributed by atoms with Crippen molar-refractivity contribution in [3.8, 4) is 11.3 Å². The zero-order valence-corrected chi connectivity index (χ0v) is 21.6. The van der Waals surface area contributed by atoms with Gasteiger partial charge in [-0.15, -0.1) is 16.4 Å². The Hall–Kier alpha value is -3.07. The number of anilines is 1. The third-order valence-electron chi connectivity index (χ3n) is 6.52. The number of likely N-dealkylation sites (N-methyl/N-ethyl adjacent to an activating group) is 1. The van der Waals surface area contributed by atoms with E-state index in [1.54, 1.807) is 24.7 Å². The summed E-state index contributed by atoms with van der Waals surface area (Å²) in [4.78, 5) is 19.2. The number of aliphatic hydroxyl groups excluding tert-OH is 2. The number of hydrogen-bond acceptors (Lipinski definition) is 9. The van der Waals surface area contributed by atoms with Crippen LogP contribution in [0.2, 0.25) is 5.02 Å². The molecule has 2 aromatic heterocycles. The lowest BCUT2D eigenvalue weighted by molar-refractivity contribution is -0.211. The van der Waals surface area contributed by atoms with E-state index in [9.17, 15) is 23.8 Å². The molecule has 3 heterocycles. The normalized spacial score (nSPS) is 23.6. The Bertz CT molecular complexity index is 1490. The van der Waals surface area contributed by atoms with Gasteiger partial charge in [0.25, 0.3) is 5.91 Å². The molecule has 5 atom stereocenters. The van der Waals surface area contributed by atoms with Crippen molar-refractivity contribution < 1.29 is 33.3 Å². The van der Waals surface area contributed by atoms with Crippen LogP contribution >= 0.6 is 22.9 Å². The fourth-order valence-electron chi connectivity index (χ4n) is 4.49. The van der Waals surface area contributed by atoms with E-state index in [1.165, 1.54) is 34.2 Å². The minimum Gasteiger partial charge on any atom is -0.394 e. The summed E-state index contributed by atoms with van der Waals surface area (Å²) < 4.78 is 42.0. The molecule has 10 nitrogen and oxygen atoms in total. The van der Waals surface area contributed by atoms with Gasteiger partial charge in [-0.2, -0.15) is 0 Å². The van der Waals surface area contributed by atoms with Gasteiger partial charge in [-0.3, -0.25) is 4.79 Å². The summed E-state index contributed by atoms with van der Waals surface area (Å²) in [6.45, 7) is -0.604. The van der Waals surface area contributed by atoms with Crippen LogP contribution in [0.1, 0.15) is 6.04 Å². The molecule has 1 saturated heterocycles. The molecule has 2 aromatic carbocycles. The Morgan fingerprint density at radius 3 is 2.82 bits per heavy atom. The molecule has 5 rings (SSSR count). The number of amides is 1. The van der Waals surface area contributed by atoms with Crippen LogP contribution in [0.25, 0.3) is 21.5 Å². The number of thiazole rings is 1. The first kappa shape index (κ1) is 26.5. The van der Waals surface area contributed by atoms with Gasteiger partial charge >= 0.3 is 0 Å². The molecule has 2 N–H and O–H groups in total. The van der Waals surface area contributed by atoms with Crippen LogP contribution in [0.4, 0.5) is 14.5 Å². The van der Waals surface area contributed by atoms with Crippen molar-refractivity contribution in [1.82, 2.24) is 20.0 Å². The molecule has 1 fully saturated rings. The number of halogens is 3. The number of benzene rings is 2. The van der Waals surface area contributed by atoms with Crippen molar-refractivity contribution in [2.75, 3.05) is 25.7 Å². The van der Waals surface area contributed by atoms with E-state index in [4.69, 9.17) is 21.1 Å². The fraction of sp³-hybridized carbons (Fsp3) is 0.333. The van der Waals surface area contributed by atoms with Crippen LogP contribution in [0, 0.1) is 11.6 Å². The maximum absolute atomic E-state index is 14.5. The average Bonchev–Trinajstić information content (AvgIpc) is 3.59. The molecule has 1 amide bonds. The van der Waals surface area contributed by atoms with Crippen LogP contribution in [-0.4, -0.2) is 81.3 Å². The number of nitrogens with zero attached hydrogens (tertiary/aromatic N) is 5. The summed E-state index contributed by atoms with van der Waals surface area (Å²) in [5, 5.41) is 28.4. The molecule has 4 aromatic rings. The predicted octanol–water partition coefficient (Wildman–Crippen LogP) is 2.83. The number of aliphatic hydroxyl groups is 2. The van der Waals surface area contributed by atoms with Gasteiger partial charge in [0.2, 0.25) is 0 Å². The second-order valence-corrected chi connectivity index (χ2v) is 9.98. The van der Waals surface area contributed by atoms with Crippen molar-refractivity contribution in [3.63, 3.8) is 0 Å². The molecule has 200 valence electrons. The number of hydrogen-bond donors (Lipinski definition) is 2. The molecule has 0 saturated carbocycles. The van der Waals surface area contributed by atoms with Crippen LogP contribution in [0.5, 0.6) is 0 Å². The molecule has 0 aliphatic carbocycles. The zero-order valence-electron chi connectivity index (χ0n) is 20.0. The highest BCUT2D eigenvalue weighted by Crippen LogP contribution is 2.35. The van der Waals surface area contributed by atoms with Crippen molar-refractivity contribution in [3.05, 3.63) is 58.7 Å². The highest BCUT2D eigenvalue weighted by atomic mass is 35.5. The van der Waals surface area contributed by atoms with E-state index >= 15 is 0 Å². The Labute approximate surface area is 224 Å². The van der Waals surface area contributed by atoms with Gasteiger partial charge in [0.1, 0.15) is 41.7 Å². The van der Waals surface area contributed by atoms with E-state index in [1.807, 2.05) is 6.07 Å². The molecule has 38 heavy (non-hydrogen) atoms. The van der Waals surface area contributed by atoms with Gasteiger partial charge in [-0.1, -0.05) is 16.8 Å². The molecule has 0 radical (unpaired) electrons. The maximum atomic E-state index is 14.5. The lowest BCUT2D eigenvalue weighted by atomic mass is 9.91. The average molecular weight is 566 g/mol. The van der Waals surface area contributed by atoms with Gasteiger partial charge < -0.3 is 24.6 Å². The number of rotatable bonds is 6. The lowest BCUT2D eigenvalue weighted by Gasteiger charge is -2.43. The zero-order chi connectivity index (χ0) is 27.1. The first-order valence-corrected chi connectivity index (χ1v) is 12.6. The maximum Gasteiger partial charge on any atom is 0.258 e. The molecule has 0 spiro atoms. The third kappa shape index (κ3) is 4.65. The molecule has 0 bridgehead atoms. The Balaban J connectivity index is 1.48. The van der Waals surface area contributed by atoms with E-state index in [0.29, 0.717) is 5.69 Å². The molecule has 1 aliphatic rings. The number of fused-ring (bicyclic) bond motifs is 1. The summed E-state index contributed by atoms with van der Waals surface area (Å²) in [7, 11) is 2.91. The smallest absolute Gasteiger partial charge is 0.258 e. The van der Waals surface area contributed by atoms with Crippen LogP contribution in [-0.2, 0) is 14.3 Å². The SMILES string of the molecule is CO[C@@H]1[C@@H](n2cc(-c3cc(F)c(Cl)cc3F)nn2)[C@@H](O)[C@@H](CO)O[C@H]1C(=O)N(C)c1ccc2ncsc2c1. The molecule has 0 unspecified atom stereocenters. The van der Waals surface area contributed by atoms with Gasteiger partial charge in [-0.25, -0.2) is 18.4 Å². The van der Waals surface area contributed by atoms with E-state index < -0.39 is 54.6 Å². The van der Waals surface area contributed by atoms with Gasteiger partial charge in [0.15, 0.2) is 6.10 Å². The lowest BCUT2D eigenvalue weighted by Crippen LogP contribution is -2.60. The van der Waals surface area contributed by atoms with Crippen molar-refractivity contribution in [2.24, 2.45) is 0 Å². The minimum atomic E-state index is -1.38. The molecular weight excluding hydrogens is 544 g/mol. The number of aromatic nitrogens is 4. The van der Waals surface area contributed by atoms with Crippen molar-refractivity contribution in [1.29, 1.82) is 0 Å². The number of carbonyl (C=O) groups excluding carboxylic acids is 1. The molecular formula is C24H22ClF2N5O5S. The largest absolute Gasteiger partial charge is 0.394 e. The second-order valence-electron chi connectivity index (χ2n) is 8.69. The van der Waals surface area contributed by atoms with E-state index in [2.05, 4.69) is 15.3 Å². The summed E-state index contributed by atoms with van der Waals surface area (Å²) in [6.07, 6.45) is -3.61. The summed E-state index contributed by atoms with van der Waals surface area (Å²) in [5.41, 5.74) is 2.85. The quantitative estimate of drug-likeness (QED) is 0.342. The monoisotopic (exact) mass is 565 g/mol. The van der Waals surface area contributed by atoms with Crippen molar-refractivity contribution >= 4 is 44.7 Å². The number of ether oxygens (including phenoxy) is 2. The van der Waals surface area contributed by atoms with Gasteiger partial charge in [-0.05, 0) is 30.3 Å². The summed E-state index contributed by atoms with van der Waals surface area (Å²) in [6, 6.07) is 5.98. The minimum absolute atomic E-state index is 0.0370. The second kappa shape index (κ2) is 10.6. The first-order valence-electron chi connectivity index (χ1n) is 11.4. The van der Waals surface area contributed by atoms with Crippen LogP contribution in [0.15, 0.2) is 42.0 Å². The molecule has 1 aliphatic heterocycles. The number of methoxy groups -OCH3 is 1. The topological polar surface area (TPSA) is 123 Å². The highest BCUT2D eigenvalue weighted by Gasteiger charge is 2.50. The highest BCUT2D eigenvalue weighted by molar-refractivity contribution is 7.16. The van der Waals surface area contributed by atoms with Gasteiger partial charge in [0.05, 0.1) is 33.6 Å². The predicted molar refractivity (Wildman–Crippen MR) is 135 cm³/mol. The third-order valence-corrected chi connectivity index (χ3v) is 7.60. The Morgan fingerprint density at radius 1 is 1.29 bits per heavy atom.